The number of hydrogen-bond donors (Lipinski definition) is 1. The summed E-state index contributed by atoms with van der Waals surface area (Å²) in [5.74, 6) is 0. The number of fused-ring (bicyclic) bond motifs is 12. The monoisotopic (exact) mass is 693 g/mol. The third kappa shape index (κ3) is 3.72. The van der Waals surface area contributed by atoms with Crippen LogP contribution in [0.25, 0.3) is 131 Å². The highest BCUT2D eigenvalue weighted by Gasteiger charge is 2.28. The van der Waals surface area contributed by atoms with Gasteiger partial charge in [0.15, 0.2) is 0 Å². The molecule has 1 nitrogen and oxygen atoms in total. The molecule has 0 amide bonds. The highest BCUT2D eigenvalue weighted by atomic mass is 14.5. The zero-order valence-corrected chi connectivity index (χ0v) is 29.8. The number of rotatable bonds is 2. The van der Waals surface area contributed by atoms with Crippen LogP contribution < -0.4 is 5.73 Å². The zero-order valence-electron chi connectivity index (χ0n) is 29.8. The van der Waals surface area contributed by atoms with Crippen LogP contribution >= 0.6 is 0 Å². The Morgan fingerprint density at radius 3 is 1.29 bits per heavy atom. The van der Waals surface area contributed by atoms with Crippen LogP contribution in [-0.2, 0) is 0 Å². The lowest BCUT2D eigenvalue weighted by Crippen LogP contribution is -1.95. The van der Waals surface area contributed by atoms with E-state index in [2.05, 4.69) is 176 Å². The van der Waals surface area contributed by atoms with Crippen LogP contribution in [-0.4, -0.2) is 0 Å². The summed E-state index contributed by atoms with van der Waals surface area (Å²) in [6, 6.07) is 65.5. The van der Waals surface area contributed by atoms with E-state index < -0.39 is 0 Å². The summed E-state index contributed by atoms with van der Waals surface area (Å²) in [5, 5.41) is 20.6. The predicted molar refractivity (Wildman–Crippen MR) is 237 cm³/mol. The molecule has 0 bridgehead atoms. The first kappa shape index (κ1) is 29.3. The van der Waals surface area contributed by atoms with Crippen molar-refractivity contribution in [1.82, 2.24) is 0 Å². The maximum Gasteiger partial charge on any atom is 0.0320 e. The standard InChI is InChI=1S/C54H31N/c55-33-21-22-42-43(27-33)34-17-7-8-18-35(34)53-49(31-11-3-1-4-12-31)46-28-44-40-25-23-38-36-19-9-15-30-16-10-20-37(48(30)36)39-24-26-41(52(40)51(38)39)45(44)29-47(46)50(54(42)53)32-13-5-2-6-14-32/h1-29H,55H2. The Bertz CT molecular complexity index is 3580. The average Bonchev–Trinajstić information content (AvgIpc) is 3.56. The Morgan fingerprint density at radius 1 is 0.255 bits per heavy atom. The zero-order chi connectivity index (χ0) is 35.9. The van der Waals surface area contributed by atoms with Crippen LogP contribution in [0.2, 0.25) is 0 Å². The van der Waals surface area contributed by atoms with Crippen molar-refractivity contribution in [3.05, 3.63) is 176 Å². The topological polar surface area (TPSA) is 26.0 Å². The van der Waals surface area contributed by atoms with E-state index in [0.29, 0.717) is 0 Å². The van der Waals surface area contributed by atoms with Gasteiger partial charge in [0, 0.05) is 5.69 Å². The molecule has 0 saturated heterocycles. The summed E-state index contributed by atoms with van der Waals surface area (Å²) in [7, 11) is 0. The summed E-state index contributed by atoms with van der Waals surface area (Å²) in [6.45, 7) is 0. The van der Waals surface area contributed by atoms with Crippen molar-refractivity contribution >= 4 is 91.9 Å². The van der Waals surface area contributed by atoms with Gasteiger partial charge in [-0.15, -0.1) is 0 Å². The lowest BCUT2D eigenvalue weighted by Gasteiger charge is -2.22. The summed E-state index contributed by atoms with van der Waals surface area (Å²) in [4.78, 5) is 0. The normalized spacial score (nSPS) is 12.4. The van der Waals surface area contributed by atoms with Gasteiger partial charge in [-0.05, 0) is 155 Å². The molecular weight excluding hydrogens is 663 g/mol. The minimum absolute atomic E-state index is 0.775. The average molecular weight is 694 g/mol. The molecule has 2 N–H and O–H groups in total. The highest BCUT2D eigenvalue weighted by molar-refractivity contribution is 6.40. The maximum absolute atomic E-state index is 6.54. The van der Waals surface area contributed by atoms with Crippen LogP contribution in [0.1, 0.15) is 0 Å². The lowest BCUT2D eigenvalue weighted by atomic mass is 9.80. The number of nitrogens with two attached hydrogens (primary N) is 1. The molecule has 0 spiro atoms. The van der Waals surface area contributed by atoms with Gasteiger partial charge in [-0.2, -0.15) is 0 Å². The van der Waals surface area contributed by atoms with Crippen LogP contribution in [0.4, 0.5) is 5.69 Å². The van der Waals surface area contributed by atoms with Crippen LogP contribution in [0.15, 0.2) is 176 Å². The van der Waals surface area contributed by atoms with Gasteiger partial charge in [0.05, 0.1) is 0 Å². The molecule has 0 aliphatic heterocycles. The first-order valence-electron chi connectivity index (χ1n) is 19.1. The molecule has 12 aromatic carbocycles. The third-order valence-electron chi connectivity index (χ3n) is 12.6. The van der Waals surface area contributed by atoms with E-state index in [1.165, 1.54) is 131 Å². The van der Waals surface area contributed by atoms with Gasteiger partial charge in [0.25, 0.3) is 0 Å². The fourth-order valence-electron chi connectivity index (χ4n) is 10.4. The molecule has 0 unspecified atom stereocenters. The molecule has 1 aliphatic rings. The van der Waals surface area contributed by atoms with E-state index in [9.17, 15) is 0 Å². The fourth-order valence-corrected chi connectivity index (χ4v) is 10.4. The van der Waals surface area contributed by atoms with Gasteiger partial charge >= 0.3 is 0 Å². The molecule has 252 valence electrons. The van der Waals surface area contributed by atoms with Crippen LogP contribution in [0.3, 0.4) is 0 Å². The summed E-state index contributed by atoms with van der Waals surface area (Å²) < 4.78 is 0. The van der Waals surface area contributed by atoms with Gasteiger partial charge in [0.2, 0.25) is 0 Å². The molecule has 0 saturated carbocycles. The number of anilines is 1. The molecule has 55 heavy (non-hydrogen) atoms. The van der Waals surface area contributed by atoms with Crippen molar-refractivity contribution in [2.75, 3.05) is 5.73 Å². The molecule has 0 radical (unpaired) electrons. The first-order valence-corrected chi connectivity index (χ1v) is 19.1. The van der Waals surface area contributed by atoms with E-state index >= 15 is 0 Å². The molecule has 1 aliphatic carbocycles. The number of hydrogen-bond acceptors (Lipinski definition) is 1. The van der Waals surface area contributed by atoms with Gasteiger partial charge < -0.3 is 5.73 Å². The minimum Gasteiger partial charge on any atom is -0.399 e. The van der Waals surface area contributed by atoms with Crippen molar-refractivity contribution in [2.24, 2.45) is 0 Å². The molecule has 12 aromatic rings. The Labute approximate surface area is 316 Å². The second kappa shape index (κ2) is 10.5. The molecule has 0 heterocycles. The minimum atomic E-state index is 0.775. The summed E-state index contributed by atoms with van der Waals surface area (Å²) in [5.41, 5.74) is 17.5. The van der Waals surface area contributed by atoms with E-state index in [4.69, 9.17) is 5.73 Å². The molecule has 1 heteroatoms. The van der Waals surface area contributed by atoms with Crippen LogP contribution in [0, 0.1) is 0 Å². The van der Waals surface area contributed by atoms with Gasteiger partial charge in [-0.25, -0.2) is 0 Å². The molecule has 0 aromatic heterocycles. The van der Waals surface area contributed by atoms with Crippen molar-refractivity contribution in [2.45, 2.75) is 0 Å². The summed E-state index contributed by atoms with van der Waals surface area (Å²) >= 11 is 0. The largest absolute Gasteiger partial charge is 0.399 e. The second-order valence-electron chi connectivity index (χ2n) is 15.3. The Hall–Kier alpha value is -7.22. The third-order valence-corrected chi connectivity index (χ3v) is 12.6. The molecule has 0 fully saturated rings. The van der Waals surface area contributed by atoms with Crippen LogP contribution in [0.5, 0.6) is 0 Å². The van der Waals surface area contributed by atoms with Crippen molar-refractivity contribution in [1.29, 1.82) is 0 Å². The number of nitrogen functional groups attached to an aromatic ring is 1. The van der Waals surface area contributed by atoms with E-state index in [1.807, 2.05) is 0 Å². The van der Waals surface area contributed by atoms with Gasteiger partial charge in [0.1, 0.15) is 0 Å². The molecular formula is C54H31N. The summed E-state index contributed by atoms with van der Waals surface area (Å²) in [6.07, 6.45) is 0. The highest BCUT2D eigenvalue weighted by Crippen LogP contribution is 2.56. The predicted octanol–water partition coefficient (Wildman–Crippen LogP) is 14.9. The van der Waals surface area contributed by atoms with Crippen molar-refractivity contribution < 1.29 is 0 Å². The maximum atomic E-state index is 6.54. The SMILES string of the molecule is Nc1ccc2c(c1)c1ccccc1c1c(-c3ccccc3)c3cc4c(cc3c(-c3ccccc3)c21)-c1ccc2c3cccc5cccc(c6ccc-4c1c62)c53. The van der Waals surface area contributed by atoms with Gasteiger partial charge in [-0.3, -0.25) is 0 Å². The van der Waals surface area contributed by atoms with E-state index in [-0.39, 0.29) is 0 Å². The smallest absolute Gasteiger partial charge is 0.0320 e. The van der Waals surface area contributed by atoms with Gasteiger partial charge in [-0.1, -0.05) is 152 Å². The fraction of sp³-hybridized carbons (Fsp3) is 0. The Balaban J connectivity index is 1.27. The lowest BCUT2D eigenvalue weighted by molar-refractivity contribution is 1.66. The van der Waals surface area contributed by atoms with E-state index in [0.717, 1.165) is 5.69 Å². The van der Waals surface area contributed by atoms with E-state index in [1.54, 1.807) is 0 Å². The Kier molecular flexibility index (Phi) is 5.57. The molecule has 0 atom stereocenters. The Morgan fingerprint density at radius 2 is 0.709 bits per heavy atom. The quantitative estimate of drug-likeness (QED) is 0.109. The van der Waals surface area contributed by atoms with Crippen molar-refractivity contribution in [3.63, 3.8) is 0 Å². The second-order valence-corrected chi connectivity index (χ2v) is 15.3. The molecule has 13 rings (SSSR count). The first-order chi connectivity index (χ1) is 27.2. The van der Waals surface area contributed by atoms with Crippen molar-refractivity contribution in [3.8, 4) is 44.5 Å². The number of benzene rings is 12.